The van der Waals surface area contributed by atoms with Gasteiger partial charge in [0.25, 0.3) is 0 Å². The molecule has 1 aromatic heterocycles. The number of nitriles is 2. The summed E-state index contributed by atoms with van der Waals surface area (Å²) in [7, 11) is 0. The predicted molar refractivity (Wildman–Crippen MR) is 80.2 cm³/mol. The molecule has 0 aliphatic heterocycles. The largest absolute Gasteiger partial charge is 0.397 e. The minimum Gasteiger partial charge on any atom is -0.397 e. The molecule has 0 unspecified atom stereocenters. The van der Waals surface area contributed by atoms with Crippen LogP contribution < -0.4 is 5.73 Å². The number of hydrogen-bond donors (Lipinski definition) is 1. The average molecular weight is 274 g/mol. The second kappa shape index (κ2) is 5.26. The molecule has 0 amide bonds. The Morgan fingerprint density at radius 1 is 0.952 bits per heavy atom. The normalized spacial score (nSPS) is 13.0. The smallest absolute Gasteiger partial charge is 0.102 e. The number of pyridine rings is 1. The molecule has 0 saturated heterocycles. The van der Waals surface area contributed by atoms with E-state index in [1.807, 2.05) is 12.1 Å². The lowest BCUT2D eigenvalue weighted by Gasteiger charge is -2.23. The molecule has 1 aliphatic rings. The number of fused-ring (bicyclic) bond motifs is 1. The third kappa shape index (κ3) is 2.02. The molecule has 3 rings (SSSR count). The van der Waals surface area contributed by atoms with Crippen LogP contribution in [0.25, 0.3) is 11.1 Å². The Labute approximate surface area is 123 Å². The summed E-state index contributed by atoms with van der Waals surface area (Å²) in [6.45, 7) is 0. The van der Waals surface area contributed by atoms with Crippen molar-refractivity contribution in [2.24, 2.45) is 0 Å². The minimum atomic E-state index is 0.312. The van der Waals surface area contributed by atoms with E-state index in [1.165, 1.54) is 0 Å². The highest BCUT2D eigenvalue weighted by Crippen LogP contribution is 2.39. The Hall–Kier alpha value is -2.85. The van der Waals surface area contributed by atoms with Crippen LogP contribution in [-0.4, -0.2) is 4.98 Å². The average Bonchev–Trinajstić information content (AvgIpc) is 2.54. The van der Waals surface area contributed by atoms with Gasteiger partial charge in [-0.1, -0.05) is 0 Å². The number of anilines is 1. The van der Waals surface area contributed by atoms with Crippen molar-refractivity contribution < 1.29 is 0 Å². The van der Waals surface area contributed by atoms with E-state index < -0.39 is 0 Å². The van der Waals surface area contributed by atoms with Crippen LogP contribution in [0.1, 0.15) is 35.1 Å². The summed E-state index contributed by atoms with van der Waals surface area (Å²) >= 11 is 0. The first-order chi connectivity index (χ1) is 10.3. The third-order valence-electron chi connectivity index (χ3n) is 4.05. The van der Waals surface area contributed by atoms with Crippen LogP contribution in [0, 0.1) is 22.7 Å². The Kier molecular flexibility index (Phi) is 3.30. The standard InChI is InChI=1S/C17H14N4/c18-9-14-12-3-1-2-4-13(12)16(15(10-19)17(14)20)11-5-7-21-8-6-11/h5-8H,1-4,20H2. The Balaban J connectivity index is 2.42. The van der Waals surface area contributed by atoms with Crippen molar-refractivity contribution >= 4 is 5.69 Å². The lowest BCUT2D eigenvalue weighted by molar-refractivity contribution is 0.685. The van der Waals surface area contributed by atoms with Crippen molar-refractivity contribution in [3.8, 4) is 23.3 Å². The molecule has 0 fully saturated rings. The molecule has 1 heterocycles. The van der Waals surface area contributed by atoms with Gasteiger partial charge in [-0.2, -0.15) is 10.5 Å². The van der Waals surface area contributed by atoms with Gasteiger partial charge in [0.1, 0.15) is 12.1 Å². The van der Waals surface area contributed by atoms with Gasteiger partial charge in [0, 0.05) is 18.0 Å². The van der Waals surface area contributed by atoms with Crippen molar-refractivity contribution in [3.05, 3.63) is 46.8 Å². The summed E-state index contributed by atoms with van der Waals surface area (Å²) in [6, 6.07) is 8.15. The fourth-order valence-corrected chi connectivity index (χ4v) is 3.11. The lowest BCUT2D eigenvalue weighted by atomic mass is 9.80. The van der Waals surface area contributed by atoms with Crippen LogP contribution in [0.2, 0.25) is 0 Å². The molecule has 1 aliphatic carbocycles. The zero-order valence-electron chi connectivity index (χ0n) is 11.6. The first-order valence-corrected chi connectivity index (χ1v) is 6.95. The van der Waals surface area contributed by atoms with Crippen LogP contribution in [0.3, 0.4) is 0 Å². The van der Waals surface area contributed by atoms with Crippen molar-refractivity contribution in [1.82, 2.24) is 4.98 Å². The van der Waals surface area contributed by atoms with Crippen molar-refractivity contribution in [1.29, 1.82) is 10.5 Å². The van der Waals surface area contributed by atoms with Crippen LogP contribution >= 0.6 is 0 Å². The molecule has 4 heteroatoms. The quantitative estimate of drug-likeness (QED) is 0.810. The van der Waals surface area contributed by atoms with E-state index in [9.17, 15) is 10.5 Å². The maximum atomic E-state index is 9.53. The third-order valence-corrected chi connectivity index (χ3v) is 4.05. The molecule has 2 aromatic rings. The minimum absolute atomic E-state index is 0.312. The van der Waals surface area contributed by atoms with Gasteiger partial charge < -0.3 is 5.73 Å². The van der Waals surface area contributed by atoms with E-state index >= 15 is 0 Å². The molecule has 0 saturated carbocycles. The Morgan fingerprint density at radius 3 is 2.19 bits per heavy atom. The van der Waals surface area contributed by atoms with Crippen LogP contribution in [-0.2, 0) is 12.8 Å². The molecule has 0 atom stereocenters. The van der Waals surface area contributed by atoms with Gasteiger partial charge in [-0.15, -0.1) is 0 Å². The number of nitrogens with zero attached hydrogens (tertiary/aromatic N) is 3. The summed E-state index contributed by atoms with van der Waals surface area (Å²) < 4.78 is 0. The Bertz CT molecular complexity index is 779. The van der Waals surface area contributed by atoms with Gasteiger partial charge >= 0.3 is 0 Å². The molecule has 4 nitrogen and oxygen atoms in total. The number of aromatic nitrogens is 1. The summed E-state index contributed by atoms with van der Waals surface area (Å²) in [5.41, 5.74) is 11.3. The highest BCUT2D eigenvalue weighted by molar-refractivity contribution is 5.85. The van der Waals surface area contributed by atoms with Crippen LogP contribution in [0.4, 0.5) is 5.69 Å². The van der Waals surface area contributed by atoms with Gasteiger partial charge in [-0.25, -0.2) is 0 Å². The summed E-state index contributed by atoms with van der Waals surface area (Å²) in [5.74, 6) is 0. The Morgan fingerprint density at radius 2 is 1.57 bits per heavy atom. The van der Waals surface area contributed by atoms with Gasteiger partial charge in [0.05, 0.1) is 16.8 Å². The highest BCUT2D eigenvalue weighted by Gasteiger charge is 2.24. The molecule has 102 valence electrons. The zero-order chi connectivity index (χ0) is 14.8. The maximum Gasteiger partial charge on any atom is 0.102 e. The molecule has 0 radical (unpaired) electrons. The summed E-state index contributed by atoms with van der Waals surface area (Å²) in [6.07, 6.45) is 7.29. The van der Waals surface area contributed by atoms with Crippen LogP contribution in [0.5, 0.6) is 0 Å². The molecule has 1 aromatic carbocycles. The number of hydrogen-bond acceptors (Lipinski definition) is 4. The SMILES string of the molecule is N#Cc1c(N)c(C#N)c(-c2ccncc2)c2c1CCCC2. The molecule has 0 spiro atoms. The highest BCUT2D eigenvalue weighted by atomic mass is 14.6. The van der Waals surface area contributed by atoms with Gasteiger partial charge in [-0.05, 0) is 54.5 Å². The number of benzene rings is 1. The van der Waals surface area contributed by atoms with E-state index in [0.717, 1.165) is 47.9 Å². The second-order valence-corrected chi connectivity index (χ2v) is 5.16. The fourth-order valence-electron chi connectivity index (χ4n) is 3.11. The van der Waals surface area contributed by atoms with E-state index in [2.05, 4.69) is 17.1 Å². The van der Waals surface area contributed by atoms with Gasteiger partial charge in [-0.3, -0.25) is 4.98 Å². The molecule has 21 heavy (non-hydrogen) atoms. The van der Waals surface area contributed by atoms with Crippen molar-refractivity contribution in [2.75, 3.05) is 5.73 Å². The number of rotatable bonds is 1. The van der Waals surface area contributed by atoms with E-state index in [-0.39, 0.29) is 0 Å². The van der Waals surface area contributed by atoms with E-state index in [4.69, 9.17) is 5.73 Å². The topological polar surface area (TPSA) is 86.5 Å². The van der Waals surface area contributed by atoms with Crippen molar-refractivity contribution in [2.45, 2.75) is 25.7 Å². The lowest BCUT2D eigenvalue weighted by Crippen LogP contribution is -2.12. The maximum absolute atomic E-state index is 9.53. The molecular formula is C17H14N4. The summed E-state index contributed by atoms with van der Waals surface area (Å²) in [5, 5.41) is 18.9. The predicted octanol–water partition coefficient (Wildman–Crippen LogP) is 2.95. The molecule has 0 bridgehead atoms. The van der Waals surface area contributed by atoms with Crippen LogP contribution in [0.15, 0.2) is 24.5 Å². The summed E-state index contributed by atoms with van der Waals surface area (Å²) in [4.78, 5) is 4.03. The first kappa shape index (κ1) is 13.1. The first-order valence-electron chi connectivity index (χ1n) is 6.95. The zero-order valence-corrected chi connectivity index (χ0v) is 11.6. The molecule has 2 N–H and O–H groups in total. The fraction of sp³-hybridized carbons (Fsp3) is 0.235. The second-order valence-electron chi connectivity index (χ2n) is 5.16. The monoisotopic (exact) mass is 274 g/mol. The number of nitrogen functional groups attached to an aromatic ring is 1. The van der Waals surface area contributed by atoms with E-state index in [1.54, 1.807) is 12.4 Å². The van der Waals surface area contributed by atoms with Gasteiger partial charge in [0.2, 0.25) is 0 Å². The van der Waals surface area contributed by atoms with E-state index in [0.29, 0.717) is 16.8 Å². The van der Waals surface area contributed by atoms with Gasteiger partial charge in [0.15, 0.2) is 0 Å². The number of nitrogens with two attached hydrogens (primary N) is 1. The van der Waals surface area contributed by atoms with Crippen molar-refractivity contribution in [3.63, 3.8) is 0 Å². The molecular weight excluding hydrogens is 260 g/mol.